The normalized spacial score (nSPS) is 16.9. The van der Waals surface area contributed by atoms with Crippen molar-refractivity contribution in [1.82, 2.24) is 0 Å². The largest absolute Gasteiger partial charge is 0.397 e. The molecule has 3 nitrogen and oxygen atoms in total. The average Bonchev–Trinajstić information content (AvgIpc) is 2.79. The molecule has 1 unspecified atom stereocenters. The molecular weight excluding hydrogens is 307 g/mol. The summed E-state index contributed by atoms with van der Waals surface area (Å²) in [4.78, 5) is 14.6. The van der Waals surface area contributed by atoms with Crippen LogP contribution in [0.25, 0.3) is 0 Å². The topological polar surface area (TPSA) is 46.3 Å². The number of halogens is 2. The fourth-order valence-electron chi connectivity index (χ4n) is 2.75. The van der Waals surface area contributed by atoms with Crippen molar-refractivity contribution in [2.24, 2.45) is 0 Å². The highest BCUT2D eigenvalue weighted by molar-refractivity contribution is 6.44. The van der Waals surface area contributed by atoms with Gasteiger partial charge in [-0.1, -0.05) is 41.4 Å². The van der Waals surface area contributed by atoms with E-state index >= 15 is 0 Å². The molecule has 5 heteroatoms. The number of carbonyl (C=O) groups excluding carboxylic acids is 1. The lowest BCUT2D eigenvalue weighted by molar-refractivity contribution is 0.0981. The Morgan fingerprint density at radius 3 is 2.71 bits per heavy atom. The van der Waals surface area contributed by atoms with Gasteiger partial charge >= 0.3 is 0 Å². The molecule has 1 atom stereocenters. The predicted octanol–water partition coefficient (Wildman–Crippen LogP) is 4.17. The molecule has 0 aliphatic carbocycles. The van der Waals surface area contributed by atoms with Gasteiger partial charge in [0.1, 0.15) is 0 Å². The number of nitrogens with two attached hydrogens (primary N) is 1. The monoisotopic (exact) mass is 320 g/mol. The van der Waals surface area contributed by atoms with Gasteiger partial charge in [0.25, 0.3) is 5.91 Å². The molecule has 0 bridgehead atoms. The van der Waals surface area contributed by atoms with Crippen molar-refractivity contribution in [3.8, 4) is 0 Å². The van der Waals surface area contributed by atoms with E-state index in [1.165, 1.54) is 5.56 Å². The summed E-state index contributed by atoms with van der Waals surface area (Å²) in [6.07, 6.45) is 0.846. The minimum atomic E-state index is -0.113. The maximum atomic E-state index is 12.8. The van der Waals surface area contributed by atoms with E-state index in [9.17, 15) is 4.79 Å². The zero-order valence-corrected chi connectivity index (χ0v) is 12.9. The first-order valence-corrected chi connectivity index (χ1v) is 7.40. The number of benzene rings is 2. The molecule has 1 amide bonds. The molecule has 2 N–H and O–H groups in total. The van der Waals surface area contributed by atoms with E-state index in [0.717, 1.165) is 12.1 Å². The zero-order valence-electron chi connectivity index (χ0n) is 11.4. The summed E-state index contributed by atoms with van der Waals surface area (Å²) in [5.41, 5.74) is 8.68. The SMILES string of the molecule is CC1Cc2ccccc2N1C(=O)c1cc(N)c(Cl)c(Cl)c1. The fraction of sp³-hybridized carbons (Fsp3) is 0.188. The molecule has 1 aliphatic heterocycles. The molecular formula is C16H14Cl2N2O. The summed E-state index contributed by atoms with van der Waals surface area (Å²) < 4.78 is 0. The van der Waals surface area contributed by atoms with Gasteiger partial charge in [0.05, 0.1) is 15.7 Å². The smallest absolute Gasteiger partial charge is 0.258 e. The summed E-state index contributed by atoms with van der Waals surface area (Å²) >= 11 is 12.0. The van der Waals surface area contributed by atoms with Crippen LogP contribution in [-0.4, -0.2) is 11.9 Å². The van der Waals surface area contributed by atoms with Crippen LogP contribution in [0.3, 0.4) is 0 Å². The van der Waals surface area contributed by atoms with Gasteiger partial charge in [-0.3, -0.25) is 4.79 Å². The van der Waals surface area contributed by atoms with Gasteiger partial charge in [-0.05, 0) is 37.1 Å². The van der Waals surface area contributed by atoms with Gasteiger partial charge in [-0.25, -0.2) is 0 Å². The van der Waals surface area contributed by atoms with Crippen LogP contribution in [-0.2, 0) is 6.42 Å². The third-order valence-electron chi connectivity index (χ3n) is 3.73. The van der Waals surface area contributed by atoms with Gasteiger partial charge in [-0.2, -0.15) is 0 Å². The number of hydrogen-bond donors (Lipinski definition) is 1. The number of nitrogen functional groups attached to an aromatic ring is 1. The Morgan fingerprint density at radius 1 is 1.29 bits per heavy atom. The lowest BCUT2D eigenvalue weighted by Crippen LogP contribution is -2.35. The number of carbonyl (C=O) groups is 1. The third kappa shape index (κ3) is 2.37. The van der Waals surface area contributed by atoms with Crippen molar-refractivity contribution in [3.63, 3.8) is 0 Å². The Kier molecular flexibility index (Phi) is 3.56. The van der Waals surface area contributed by atoms with E-state index in [1.54, 1.807) is 17.0 Å². The Balaban J connectivity index is 2.03. The van der Waals surface area contributed by atoms with Gasteiger partial charge in [0.2, 0.25) is 0 Å². The fourth-order valence-corrected chi connectivity index (χ4v) is 3.08. The van der Waals surface area contributed by atoms with Gasteiger partial charge in [0.15, 0.2) is 0 Å². The number of anilines is 2. The van der Waals surface area contributed by atoms with Crippen molar-refractivity contribution in [1.29, 1.82) is 0 Å². The number of amides is 1. The zero-order chi connectivity index (χ0) is 15.1. The van der Waals surface area contributed by atoms with E-state index in [4.69, 9.17) is 28.9 Å². The molecule has 1 heterocycles. The van der Waals surface area contributed by atoms with Crippen LogP contribution in [0, 0.1) is 0 Å². The first-order chi connectivity index (χ1) is 9.99. The van der Waals surface area contributed by atoms with Crippen LogP contribution in [0.1, 0.15) is 22.8 Å². The molecule has 0 radical (unpaired) electrons. The average molecular weight is 321 g/mol. The second-order valence-electron chi connectivity index (χ2n) is 5.22. The third-order valence-corrected chi connectivity index (χ3v) is 4.55. The summed E-state index contributed by atoms with van der Waals surface area (Å²) in [5, 5.41) is 0.572. The minimum absolute atomic E-state index is 0.102. The Morgan fingerprint density at radius 2 is 2.00 bits per heavy atom. The molecule has 2 aromatic carbocycles. The van der Waals surface area contributed by atoms with Crippen molar-refractivity contribution >= 4 is 40.5 Å². The standard InChI is InChI=1S/C16H14Cl2N2O/c1-9-6-10-4-2-3-5-14(10)20(9)16(21)11-7-12(17)15(18)13(19)8-11/h2-5,7-9H,6,19H2,1H3. The highest BCUT2D eigenvalue weighted by Crippen LogP contribution is 2.35. The maximum Gasteiger partial charge on any atom is 0.258 e. The lowest BCUT2D eigenvalue weighted by atomic mass is 10.1. The van der Waals surface area contributed by atoms with E-state index in [0.29, 0.717) is 16.3 Å². The molecule has 1 aliphatic rings. The summed E-state index contributed by atoms with van der Waals surface area (Å²) in [5.74, 6) is -0.113. The Bertz CT molecular complexity index is 707. The summed E-state index contributed by atoms with van der Waals surface area (Å²) in [6.45, 7) is 2.03. The summed E-state index contributed by atoms with van der Waals surface area (Å²) in [7, 11) is 0. The number of hydrogen-bond acceptors (Lipinski definition) is 2. The van der Waals surface area contributed by atoms with Crippen LogP contribution in [0.5, 0.6) is 0 Å². The predicted molar refractivity (Wildman–Crippen MR) is 87.3 cm³/mol. The second-order valence-corrected chi connectivity index (χ2v) is 6.00. The first kappa shape index (κ1) is 14.2. The number of fused-ring (bicyclic) bond motifs is 1. The molecule has 0 saturated heterocycles. The molecule has 3 rings (SSSR count). The molecule has 0 saturated carbocycles. The highest BCUT2D eigenvalue weighted by Gasteiger charge is 2.31. The van der Waals surface area contributed by atoms with Crippen LogP contribution < -0.4 is 10.6 Å². The van der Waals surface area contributed by atoms with Gasteiger partial charge < -0.3 is 10.6 Å². The number of nitrogens with zero attached hydrogens (tertiary/aromatic N) is 1. The van der Waals surface area contributed by atoms with Crippen LogP contribution >= 0.6 is 23.2 Å². The Labute approximate surface area is 133 Å². The van der Waals surface area contributed by atoms with Gasteiger partial charge in [-0.15, -0.1) is 0 Å². The van der Waals surface area contributed by atoms with E-state index in [-0.39, 0.29) is 17.0 Å². The highest BCUT2D eigenvalue weighted by atomic mass is 35.5. The minimum Gasteiger partial charge on any atom is -0.397 e. The molecule has 0 fully saturated rings. The van der Waals surface area contributed by atoms with Gasteiger partial charge in [0, 0.05) is 17.3 Å². The molecule has 2 aromatic rings. The first-order valence-electron chi connectivity index (χ1n) is 6.65. The maximum absolute atomic E-state index is 12.8. The van der Waals surface area contributed by atoms with Crippen LogP contribution in [0.2, 0.25) is 10.0 Å². The molecule has 0 aromatic heterocycles. The second kappa shape index (κ2) is 5.24. The van der Waals surface area contributed by atoms with Crippen molar-refractivity contribution in [2.75, 3.05) is 10.6 Å². The van der Waals surface area contributed by atoms with E-state index in [1.807, 2.05) is 31.2 Å². The van der Waals surface area contributed by atoms with Crippen molar-refractivity contribution in [3.05, 3.63) is 57.6 Å². The molecule has 21 heavy (non-hydrogen) atoms. The number of rotatable bonds is 1. The van der Waals surface area contributed by atoms with E-state index < -0.39 is 0 Å². The lowest BCUT2D eigenvalue weighted by Gasteiger charge is -2.23. The van der Waals surface area contributed by atoms with Crippen molar-refractivity contribution < 1.29 is 4.79 Å². The van der Waals surface area contributed by atoms with E-state index in [2.05, 4.69) is 0 Å². The Hall–Kier alpha value is -1.71. The quantitative estimate of drug-likeness (QED) is 0.802. The number of para-hydroxylation sites is 1. The van der Waals surface area contributed by atoms with Crippen LogP contribution in [0.4, 0.5) is 11.4 Å². The summed E-state index contributed by atoms with van der Waals surface area (Å²) in [6, 6.07) is 11.2. The molecule has 108 valence electrons. The van der Waals surface area contributed by atoms with Crippen molar-refractivity contribution in [2.45, 2.75) is 19.4 Å². The van der Waals surface area contributed by atoms with Crippen LogP contribution in [0.15, 0.2) is 36.4 Å². The molecule has 0 spiro atoms.